The second kappa shape index (κ2) is 4.35. The lowest BCUT2D eigenvalue weighted by Gasteiger charge is -2.06. The molecule has 1 aromatic rings. The van der Waals surface area contributed by atoms with Gasteiger partial charge >= 0.3 is 11.7 Å². The van der Waals surface area contributed by atoms with Crippen molar-refractivity contribution in [1.29, 1.82) is 0 Å². The molecule has 0 fully saturated rings. The molecule has 0 spiro atoms. The first kappa shape index (κ1) is 12.2. The number of hydrogen-bond donors (Lipinski definition) is 2. The summed E-state index contributed by atoms with van der Waals surface area (Å²) in [5, 5.41) is 29.3. The number of ether oxygens (including phenoxy) is 1. The number of nitro benzene ring substituents is 1. The van der Waals surface area contributed by atoms with E-state index in [0.717, 1.165) is 13.2 Å². The number of halogens is 1. The summed E-state index contributed by atoms with van der Waals surface area (Å²) >= 11 is 2.73. The molecule has 0 saturated heterocycles. The Morgan fingerprint density at radius 3 is 2.50 bits per heavy atom. The maximum atomic E-state index is 11.2. The maximum absolute atomic E-state index is 11.2. The molecule has 0 bridgehead atoms. The number of esters is 1. The normalized spacial score (nSPS) is 9.88. The van der Waals surface area contributed by atoms with E-state index in [4.69, 9.17) is 0 Å². The third-order valence-electron chi connectivity index (χ3n) is 1.80. The number of aromatic hydroxyl groups is 2. The fourth-order valence-corrected chi connectivity index (χ4v) is 1.44. The average Bonchev–Trinajstić information content (AvgIpc) is 2.25. The lowest BCUT2D eigenvalue weighted by molar-refractivity contribution is -0.386. The molecular formula is C8H6BrNO6. The number of rotatable bonds is 2. The first-order valence-corrected chi connectivity index (χ1v) is 4.66. The van der Waals surface area contributed by atoms with Gasteiger partial charge in [-0.2, -0.15) is 0 Å². The molecule has 1 aromatic carbocycles. The maximum Gasteiger partial charge on any atom is 0.341 e. The quantitative estimate of drug-likeness (QED) is 0.486. The summed E-state index contributed by atoms with van der Waals surface area (Å²) in [6, 6.07) is 0.737. The molecule has 0 amide bonds. The lowest BCUT2D eigenvalue weighted by atomic mass is 10.1. The van der Waals surface area contributed by atoms with Crippen molar-refractivity contribution in [3.63, 3.8) is 0 Å². The predicted molar refractivity (Wildman–Crippen MR) is 55.5 cm³/mol. The fourth-order valence-electron chi connectivity index (χ4n) is 1.02. The van der Waals surface area contributed by atoms with Crippen LogP contribution in [0.4, 0.5) is 5.69 Å². The second-order valence-electron chi connectivity index (χ2n) is 2.70. The Morgan fingerprint density at radius 1 is 1.50 bits per heavy atom. The van der Waals surface area contributed by atoms with Crippen molar-refractivity contribution in [2.24, 2.45) is 0 Å². The van der Waals surface area contributed by atoms with Crippen LogP contribution in [0, 0.1) is 10.1 Å². The first-order chi connectivity index (χ1) is 7.40. The van der Waals surface area contributed by atoms with Crippen molar-refractivity contribution in [1.82, 2.24) is 0 Å². The Morgan fingerprint density at radius 2 is 2.06 bits per heavy atom. The molecule has 1 rings (SSSR count). The molecule has 8 heteroatoms. The van der Waals surface area contributed by atoms with Crippen molar-refractivity contribution in [2.75, 3.05) is 7.11 Å². The van der Waals surface area contributed by atoms with Gasteiger partial charge in [0, 0.05) is 6.07 Å². The van der Waals surface area contributed by atoms with Crippen molar-refractivity contribution in [2.45, 2.75) is 0 Å². The van der Waals surface area contributed by atoms with E-state index in [1.54, 1.807) is 0 Å². The molecular weight excluding hydrogens is 286 g/mol. The van der Waals surface area contributed by atoms with E-state index in [1.807, 2.05) is 0 Å². The number of phenols is 2. The first-order valence-electron chi connectivity index (χ1n) is 3.87. The Kier molecular flexibility index (Phi) is 3.33. The summed E-state index contributed by atoms with van der Waals surface area (Å²) in [6.07, 6.45) is 0. The minimum absolute atomic E-state index is 0.331. The van der Waals surface area contributed by atoms with Gasteiger partial charge in [0.25, 0.3) is 0 Å². The molecule has 0 saturated carbocycles. The molecule has 0 atom stereocenters. The Balaban J connectivity index is 3.53. The molecule has 2 N–H and O–H groups in total. The second-order valence-corrected chi connectivity index (χ2v) is 3.50. The SMILES string of the molecule is COC(=O)c1cc([N+](=O)[O-])c(O)c(Br)c1O. The highest BCUT2D eigenvalue weighted by atomic mass is 79.9. The zero-order chi connectivity index (χ0) is 12.5. The van der Waals surface area contributed by atoms with E-state index in [0.29, 0.717) is 0 Å². The molecule has 0 heterocycles. The molecule has 0 aliphatic heterocycles. The van der Waals surface area contributed by atoms with Crippen LogP contribution in [0.25, 0.3) is 0 Å². The largest absolute Gasteiger partial charge is 0.506 e. The van der Waals surface area contributed by atoms with E-state index in [-0.39, 0.29) is 4.47 Å². The van der Waals surface area contributed by atoms with Gasteiger partial charge in [-0.05, 0) is 15.9 Å². The standard InChI is InChI=1S/C8H6BrNO6/c1-16-8(13)3-2-4(10(14)15)7(12)5(9)6(3)11/h2,11-12H,1H3. The summed E-state index contributed by atoms with van der Waals surface area (Å²) < 4.78 is 3.99. The topological polar surface area (TPSA) is 110 Å². The van der Waals surface area contributed by atoms with Gasteiger partial charge in [-0.15, -0.1) is 0 Å². The van der Waals surface area contributed by atoms with Crippen LogP contribution >= 0.6 is 15.9 Å². The summed E-state index contributed by atoms with van der Waals surface area (Å²) in [5.41, 5.74) is -1.11. The molecule has 86 valence electrons. The third kappa shape index (κ3) is 1.91. The van der Waals surface area contributed by atoms with Crippen LogP contribution in [-0.2, 0) is 4.74 Å². The number of hydrogen-bond acceptors (Lipinski definition) is 6. The number of carbonyl (C=O) groups excluding carboxylic acids is 1. The number of benzene rings is 1. The Hall–Kier alpha value is -1.83. The highest BCUT2D eigenvalue weighted by Crippen LogP contribution is 2.42. The van der Waals surface area contributed by atoms with Crippen LogP contribution in [0.3, 0.4) is 0 Å². The van der Waals surface area contributed by atoms with Gasteiger partial charge in [-0.25, -0.2) is 4.79 Å². The number of nitro groups is 1. The number of methoxy groups -OCH3 is 1. The molecule has 7 nitrogen and oxygen atoms in total. The summed E-state index contributed by atoms with van der Waals surface area (Å²) in [4.78, 5) is 20.8. The van der Waals surface area contributed by atoms with Crippen LogP contribution in [0.5, 0.6) is 11.5 Å². The molecule has 0 aliphatic rings. The molecule has 0 unspecified atom stereocenters. The monoisotopic (exact) mass is 291 g/mol. The lowest BCUT2D eigenvalue weighted by Crippen LogP contribution is -2.03. The van der Waals surface area contributed by atoms with E-state index < -0.39 is 33.6 Å². The third-order valence-corrected chi connectivity index (χ3v) is 2.55. The molecule has 0 aromatic heterocycles. The fraction of sp³-hybridized carbons (Fsp3) is 0.125. The minimum atomic E-state index is -0.943. The summed E-state index contributed by atoms with van der Waals surface area (Å²) in [6.45, 7) is 0. The van der Waals surface area contributed by atoms with Crippen molar-refractivity contribution in [3.8, 4) is 11.5 Å². The Bertz CT molecular complexity index is 472. The van der Waals surface area contributed by atoms with Crippen molar-refractivity contribution >= 4 is 27.6 Å². The van der Waals surface area contributed by atoms with Gasteiger partial charge in [-0.1, -0.05) is 0 Å². The number of phenolic OH excluding ortho intramolecular Hbond substituents is 2. The molecule has 0 aliphatic carbocycles. The van der Waals surface area contributed by atoms with E-state index in [1.165, 1.54) is 0 Å². The van der Waals surface area contributed by atoms with Crippen molar-refractivity contribution < 1.29 is 24.7 Å². The van der Waals surface area contributed by atoms with Crippen LogP contribution in [0.2, 0.25) is 0 Å². The van der Waals surface area contributed by atoms with E-state index >= 15 is 0 Å². The van der Waals surface area contributed by atoms with Crippen LogP contribution < -0.4 is 0 Å². The average molecular weight is 292 g/mol. The Labute approximate surface area is 97.5 Å². The van der Waals surface area contributed by atoms with Gasteiger partial charge in [0.2, 0.25) is 5.75 Å². The van der Waals surface area contributed by atoms with Gasteiger partial charge in [0.05, 0.1) is 12.0 Å². The van der Waals surface area contributed by atoms with Crippen LogP contribution in [-0.4, -0.2) is 28.2 Å². The summed E-state index contributed by atoms with van der Waals surface area (Å²) in [7, 11) is 1.06. The zero-order valence-electron chi connectivity index (χ0n) is 7.93. The van der Waals surface area contributed by atoms with Crippen LogP contribution in [0.15, 0.2) is 10.5 Å². The van der Waals surface area contributed by atoms with Gasteiger partial charge in [0.1, 0.15) is 15.8 Å². The highest BCUT2D eigenvalue weighted by molar-refractivity contribution is 9.10. The van der Waals surface area contributed by atoms with Gasteiger partial charge in [0.15, 0.2) is 0 Å². The predicted octanol–water partition coefficient (Wildman–Crippen LogP) is 1.56. The van der Waals surface area contributed by atoms with E-state index in [2.05, 4.69) is 20.7 Å². The molecule has 16 heavy (non-hydrogen) atoms. The molecule has 0 radical (unpaired) electrons. The van der Waals surface area contributed by atoms with Gasteiger partial charge in [-0.3, -0.25) is 10.1 Å². The van der Waals surface area contributed by atoms with E-state index in [9.17, 15) is 25.1 Å². The van der Waals surface area contributed by atoms with Gasteiger partial charge < -0.3 is 14.9 Å². The number of carbonyl (C=O) groups is 1. The highest BCUT2D eigenvalue weighted by Gasteiger charge is 2.26. The minimum Gasteiger partial charge on any atom is -0.506 e. The smallest absolute Gasteiger partial charge is 0.341 e. The summed E-state index contributed by atoms with van der Waals surface area (Å²) in [5.74, 6) is -2.31. The van der Waals surface area contributed by atoms with Crippen LogP contribution in [0.1, 0.15) is 10.4 Å². The zero-order valence-corrected chi connectivity index (χ0v) is 9.52. The van der Waals surface area contributed by atoms with Crippen molar-refractivity contribution in [3.05, 3.63) is 26.2 Å². The number of nitrogens with zero attached hydrogens (tertiary/aromatic N) is 1.